The topological polar surface area (TPSA) is 138 Å². The summed E-state index contributed by atoms with van der Waals surface area (Å²) in [6, 6.07) is 7.96. The highest BCUT2D eigenvalue weighted by Gasteiger charge is 2.33. The zero-order valence-electron chi connectivity index (χ0n) is 23.4. The lowest BCUT2D eigenvalue weighted by molar-refractivity contribution is -0.146. The minimum absolute atomic E-state index is 0.140. The number of aryl methyl sites for hydroxylation is 1. The Morgan fingerprint density at radius 3 is 2.76 bits per heavy atom. The molecule has 1 unspecified atom stereocenters. The lowest BCUT2D eigenvalue weighted by Crippen LogP contribution is -2.44. The highest BCUT2D eigenvalue weighted by Crippen LogP contribution is 2.30. The van der Waals surface area contributed by atoms with Crippen LogP contribution < -0.4 is 10.1 Å². The molecule has 10 heteroatoms. The van der Waals surface area contributed by atoms with Crippen molar-refractivity contribution in [2.24, 2.45) is 17.8 Å². The number of hydrogen-bond acceptors (Lipinski definition) is 8. The maximum absolute atomic E-state index is 11.9. The minimum Gasteiger partial charge on any atom is -0.497 e. The average molecular weight is 563 g/mol. The summed E-state index contributed by atoms with van der Waals surface area (Å²) in [5.74, 6) is 5.11. The first-order valence-electron chi connectivity index (χ1n) is 14.1. The first kappa shape index (κ1) is 30.0. The summed E-state index contributed by atoms with van der Waals surface area (Å²) in [5, 5.41) is 22.4. The molecule has 4 heterocycles. The highest BCUT2D eigenvalue weighted by molar-refractivity contribution is 5.83. The smallest absolute Gasteiger partial charge is 0.308 e. The number of nitrogens with one attached hydrogen (secondary N) is 1. The van der Waals surface area contributed by atoms with E-state index >= 15 is 0 Å². The number of nitrogens with zero attached hydrogens (tertiary/aromatic N) is 3. The molecule has 2 saturated heterocycles. The van der Waals surface area contributed by atoms with Gasteiger partial charge in [-0.2, -0.15) is 0 Å². The number of piperidine rings is 2. The molecule has 2 aliphatic heterocycles. The lowest BCUT2D eigenvalue weighted by Gasteiger charge is -2.35. The number of rotatable bonds is 8. The fourth-order valence-corrected chi connectivity index (χ4v) is 5.50. The maximum Gasteiger partial charge on any atom is 0.308 e. The predicted octanol–water partition coefficient (Wildman–Crippen LogP) is 3.70. The molecule has 0 amide bonds. The summed E-state index contributed by atoms with van der Waals surface area (Å²) < 4.78 is 10.3. The van der Waals surface area contributed by atoms with Crippen molar-refractivity contribution in [1.29, 1.82) is 0 Å². The Kier molecular flexibility index (Phi) is 11.1. The van der Waals surface area contributed by atoms with E-state index in [1.54, 1.807) is 7.11 Å². The van der Waals surface area contributed by atoms with Gasteiger partial charge in [-0.1, -0.05) is 5.92 Å². The van der Waals surface area contributed by atoms with Crippen LogP contribution in [0.2, 0.25) is 0 Å². The van der Waals surface area contributed by atoms with Crippen molar-refractivity contribution in [1.82, 2.24) is 20.2 Å². The minimum atomic E-state index is -0.719. The quantitative estimate of drug-likeness (QED) is 0.348. The molecule has 2 aliphatic rings. The summed E-state index contributed by atoms with van der Waals surface area (Å²) in [6.07, 6.45) is 10.1. The summed E-state index contributed by atoms with van der Waals surface area (Å²) in [6.45, 7) is 3.55. The van der Waals surface area contributed by atoms with Crippen molar-refractivity contribution in [2.45, 2.75) is 38.5 Å². The SMILES string of the molecule is COc1ccc2nccc(CCC[C@@H]3CCN(CC#Cc4cocn4)C[C@@H]3C(=O)O)c2c1.O=C(O)C1CCCNC1. The third-order valence-corrected chi connectivity index (χ3v) is 7.81. The van der Waals surface area contributed by atoms with Crippen LogP contribution in [0, 0.1) is 29.6 Å². The number of carbonyl (C=O) groups is 2. The number of benzene rings is 1. The normalized spacial score (nSPS) is 20.8. The van der Waals surface area contributed by atoms with E-state index in [0.717, 1.165) is 68.3 Å². The number of methoxy groups -OCH3 is 1. The molecule has 0 aliphatic carbocycles. The fraction of sp³-hybridized carbons (Fsp3) is 0.484. The molecule has 0 radical (unpaired) electrons. The van der Waals surface area contributed by atoms with Crippen LogP contribution in [0.4, 0.5) is 0 Å². The monoisotopic (exact) mass is 562 g/mol. The van der Waals surface area contributed by atoms with E-state index in [-0.39, 0.29) is 17.8 Å². The number of aliphatic carboxylic acids is 2. The van der Waals surface area contributed by atoms with Gasteiger partial charge in [-0.3, -0.25) is 19.5 Å². The van der Waals surface area contributed by atoms with E-state index in [9.17, 15) is 14.7 Å². The van der Waals surface area contributed by atoms with Crippen LogP contribution in [0.25, 0.3) is 10.9 Å². The van der Waals surface area contributed by atoms with Crippen LogP contribution in [0.3, 0.4) is 0 Å². The number of carboxylic acid groups (broad SMARTS) is 2. The molecule has 0 spiro atoms. The van der Waals surface area contributed by atoms with Crippen molar-refractivity contribution >= 4 is 22.8 Å². The molecule has 5 rings (SSSR count). The van der Waals surface area contributed by atoms with E-state index in [1.807, 2.05) is 30.5 Å². The Balaban J connectivity index is 0.000000367. The number of likely N-dealkylation sites (tertiary alicyclic amines) is 1. The van der Waals surface area contributed by atoms with E-state index in [4.69, 9.17) is 14.3 Å². The third-order valence-electron chi connectivity index (χ3n) is 7.81. The number of fused-ring (bicyclic) bond motifs is 1. The Morgan fingerprint density at radius 2 is 2.07 bits per heavy atom. The van der Waals surface area contributed by atoms with Gasteiger partial charge in [0.1, 0.15) is 12.0 Å². The third kappa shape index (κ3) is 8.77. The molecule has 10 nitrogen and oxygen atoms in total. The van der Waals surface area contributed by atoms with Crippen molar-refractivity contribution in [3.05, 3.63) is 54.4 Å². The van der Waals surface area contributed by atoms with E-state index in [2.05, 4.69) is 32.0 Å². The number of pyridine rings is 1. The first-order chi connectivity index (χ1) is 19.9. The lowest BCUT2D eigenvalue weighted by atomic mass is 9.81. The van der Waals surface area contributed by atoms with Gasteiger partial charge in [0.15, 0.2) is 12.1 Å². The Hall–Kier alpha value is -3.94. The fourth-order valence-electron chi connectivity index (χ4n) is 5.50. The van der Waals surface area contributed by atoms with Gasteiger partial charge in [0.25, 0.3) is 0 Å². The van der Waals surface area contributed by atoms with Gasteiger partial charge in [-0.05, 0) is 93.3 Å². The molecule has 0 saturated carbocycles. The van der Waals surface area contributed by atoms with Crippen LogP contribution in [0.15, 0.2) is 47.5 Å². The molecule has 41 heavy (non-hydrogen) atoms. The molecule has 2 fully saturated rings. The zero-order valence-corrected chi connectivity index (χ0v) is 23.4. The summed E-state index contributed by atoms with van der Waals surface area (Å²) >= 11 is 0. The van der Waals surface area contributed by atoms with Gasteiger partial charge in [0.2, 0.25) is 0 Å². The zero-order chi connectivity index (χ0) is 29.0. The number of oxazole rings is 1. The van der Waals surface area contributed by atoms with Crippen molar-refractivity contribution in [3.63, 3.8) is 0 Å². The van der Waals surface area contributed by atoms with Crippen LogP contribution >= 0.6 is 0 Å². The second kappa shape index (κ2) is 15.2. The number of ether oxygens (including phenoxy) is 1. The van der Waals surface area contributed by atoms with Gasteiger partial charge in [0, 0.05) is 24.7 Å². The summed E-state index contributed by atoms with van der Waals surface area (Å²) in [4.78, 5) is 32.8. The molecule has 2 aromatic heterocycles. The second-order valence-electron chi connectivity index (χ2n) is 10.5. The summed E-state index contributed by atoms with van der Waals surface area (Å²) in [5.41, 5.74) is 2.77. The molecule has 1 aromatic carbocycles. The van der Waals surface area contributed by atoms with Crippen LogP contribution in [-0.2, 0) is 16.0 Å². The van der Waals surface area contributed by atoms with Crippen molar-refractivity contribution in [2.75, 3.05) is 39.8 Å². The Labute approximate surface area is 240 Å². The number of aromatic nitrogens is 2. The van der Waals surface area contributed by atoms with Gasteiger partial charge < -0.3 is 24.7 Å². The van der Waals surface area contributed by atoms with Crippen molar-refractivity contribution in [3.8, 4) is 17.6 Å². The highest BCUT2D eigenvalue weighted by atomic mass is 16.5. The molecule has 0 bridgehead atoms. The number of carboxylic acids is 2. The van der Waals surface area contributed by atoms with E-state index in [0.29, 0.717) is 25.3 Å². The van der Waals surface area contributed by atoms with E-state index in [1.165, 1.54) is 18.2 Å². The number of hydrogen-bond donors (Lipinski definition) is 3. The van der Waals surface area contributed by atoms with E-state index < -0.39 is 11.9 Å². The van der Waals surface area contributed by atoms with Crippen LogP contribution in [-0.4, -0.2) is 76.9 Å². The average Bonchev–Trinajstić information content (AvgIpc) is 3.52. The van der Waals surface area contributed by atoms with Gasteiger partial charge in [0.05, 0.1) is 31.0 Å². The second-order valence-corrected chi connectivity index (χ2v) is 10.5. The largest absolute Gasteiger partial charge is 0.497 e. The standard InChI is InChI=1S/C25H27N3O4.C6H11NO2/c1-31-21-7-8-24-22(14-21)18(9-11-26-24)4-2-5-19-10-13-28(15-23(19)25(29)30)12-3-6-20-16-32-17-27-20;8-6(9)5-2-1-3-7-4-5/h7-9,11,14,16-17,19,23H,2,4-5,10,12-13,15H2,1H3,(H,29,30);5,7H,1-4H2,(H,8,9)/t19-,23+;/m1./s1. The predicted molar refractivity (Wildman–Crippen MR) is 154 cm³/mol. The molecular formula is C31H38N4O6. The van der Waals surface area contributed by atoms with Gasteiger partial charge in [-0.15, -0.1) is 0 Å². The molecular weight excluding hydrogens is 524 g/mol. The Morgan fingerprint density at radius 1 is 1.20 bits per heavy atom. The van der Waals surface area contributed by atoms with Crippen LogP contribution in [0.1, 0.15) is 43.4 Å². The molecule has 3 N–H and O–H groups in total. The molecule has 218 valence electrons. The van der Waals surface area contributed by atoms with Crippen molar-refractivity contribution < 1.29 is 29.0 Å². The Bertz CT molecular complexity index is 1340. The molecule has 3 atom stereocenters. The summed E-state index contributed by atoms with van der Waals surface area (Å²) in [7, 11) is 1.66. The van der Waals surface area contributed by atoms with Crippen LogP contribution in [0.5, 0.6) is 5.75 Å². The van der Waals surface area contributed by atoms with Gasteiger partial charge in [-0.25, -0.2) is 4.98 Å². The van der Waals surface area contributed by atoms with Gasteiger partial charge >= 0.3 is 11.9 Å². The molecule has 3 aromatic rings. The first-order valence-corrected chi connectivity index (χ1v) is 14.1. The maximum atomic E-state index is 11.9.